The van der Waals surface area contributed by atoms with Crippen molar-refractivity contribution in [1.82, 2.24) is 4.90 Å². The zero-order valence-corrected chi connectivity index (χ0v) is 7.49. The molecule has 2 aliphatic rings. The molecule has 13 heavy (non-hydrogen) atoms. The number of hydrogen-bond donors (Lipinski definition) is 0. The molecule has 2 unspecified atom stereocenters. The van der Waals surface area contributed by atoms with Crippen LogP contribution in [0.25, 0.3) is 0 Å². The number of imide groups is 1. The molecule has 2 amide bonds. The van der Waals surface area contributed by atoms with Crippen molar-refractivity contribution in [3.05, 3.63) is 24.3 Å². The number of hydrogen-bond acceptors (Lipinski definition) is 2. The quantitative estimate of drug-likeness (QED) is 0.511. The second-order valence-electron chi connectivity index (χ2n) is 3.53. The van der Waals surface area contributed by atoms with Gasteiger partial charge < -0.3 is 0 Å². The molecule has 2 rings (SSSR count). The maximum absolute atomic E-state index is 11.6. The molecule has 0 aromatic rings. The highest BCUT2D eigenvalue weighted by Gasteiger charge is 2.46. The number of carbonyl (C=O) groups excluding carboxylic acids is 2. The maximum Gasteiger partial charge on any atom is 0.237 e. The van der Waals surface area contributed by atoms with E-state index in [0.29, 0.717) is 6.42 Å². The maximum atomic E-state index is 11.6. The minimum atomic E-state index is -0.289. The monoisotopic (exact) mass is 177 g/mol. The fraction of sp³-hybridized carbons (Fsp3) is 0.400. The molecule has 0 radical (unpaired) electrons. The number of likely N-dealkylation sites (tertiary alicyclic amines) is 1. The summed E-state index contributed by atoms with van der Waals surface area (Å²) in [5, 5.41) is 0. The van der Waals surface area contributed by atoms with E-state index in [1.807, 2.05) is 12.2 Å². The van der Waals surface area contributed by atoms with Crippen LogP contribution < -0.4 is 0 Å². The molecule has 3 heteroatoms. The highest BCUT2D eigenvalue weighted by molar-refractivity contribution is 6.06. The van der Waals surface area contributed by atoms with E-state index in [9.17, 15) is 9.59 Å². The van der Waals surface area contributed by atoms with Crippen LogP contribution in [0.2, 0.25) is 0 Å². The molecular formula is C10H11NO2. The summed E-state index contributed by atoms with van der Waals surface area (Å²) in [5.74, 6) is -0.651. The predicted molar refractivity (Wildman–Crippen MR) is 47.7 cm³/mol. The van der Waals surface area contributed by atoms with Crippen LogP contribution in [0.15, 0.2) is 24.3 Å². The fourth-order valence-electron chi connectivity index (χ4n) is 2.00. The summed E-state index contributed by atoms with van der Waals surface area (Å²) < 4.78 is 0. The van der Waals surface area contributed by atoms with Gasteiger partial charge in [0, 0.05) is 7.05 Å². The third-order valence-corrected chi connectivity index (χ3v) is 2.77. The number of carbonyl (C=O) groups is 2. The average molecular weight is 177 g/mol. The lowest BCUT2D eigenvalue weighted by atomic mass is 9.82. The summed E-state index contributed by atoms with van der Waals surface area (Å²) >= 11 is 0. The number of rotatable bonds is 0. The van der Waals surface area contributed by atoms with Crippen LogP contribution in [-0.2, 0) is 9.59 Å². The third-order valence-electron chi connectivity index (χ3n) is 2.77. The summed E-state index contributed by atoms with van der Waals surface area (Å²) in [6, 6.07) is 0. The molecule has 1 fully saturated rings. The largest absolute Gasteiger partial charge is 0.285 e. The van der Waals surface area contributed by atoms with Crippen LogP contribution in [0.5, 0.6) is 0 Å². The van der Waals surface area contributed by atoms with E-state index >= 15 is 0 Å². The molecule has 0 N–H and O–H groups in total. The van der Waals surface area contributed by atoms with Crippen LogP contribution in [0, 0.1) is 11.8 Å². The molecular weight excluding hydrogens is 166 g/mol. The minimum absolute atomic E-state index is 0.0690. The fourth-order valence-corrected chi connectivity index (χ4v) is 2.00. The molecule has 0 saturated carbocycles. The molecule has 1 saturated heterocycles. The Morgan fingerprint density at radius 3 is 2.77 bits per heavy atom. The molecule has 0 spiro atoms. The number of fused-ring (bicyclic) bond motifs is 1. The van der Waals surface area contributed by atoms with Gasteiger partial charge in [-0.05, 0) is 12.0 Å². The molecule has 2 atom stereocenters. The van der Waals surface area contributed by atoms with E-state index in [0.717, 1.165) is 5.57 Å². The molecule has 1 aliphatic heterocycles. The Hall–Kier alpha value is -1.38. The van der Waals surface area contributed by atoms with Crippen LogP contribution in [0.1, 0.15) is 6.42 Å². The molecule has 0 aromatic carbocycles. The molecule has 68 valence electrons. The zero-order valence-electron chi connectivity index (χ0n) is 7.49. The van der Waals surface area contributed by atoms with Gasteiger partial charge in [0.05, 0.1) is 11.8 Å². The molecule has 1 heterocycles. The number of allylic oxidation sites excluding steroid dienone is 2. The van der Waals surface area contributed by atoms with Gasteiger partial charge in [0.25, 0.3) is 0 Å². The van der Waals surface area contributed by atoms with Crippen molar-refractivity contribution < 1.29 is 9.59 Å². The zero-order chi connectivity index (χ0) is 9.59. The summed E-state index contributed by atoms with van der Waals surface area (Å²) in [5.41, 5.74) is 0.763. The highest BCUT2D eigenvalue weighted by atomic mass is 16.2. The van der Waals surface area contributed by atoms with Gasteiger partial charge in [-0.3, -0.25) is 14.5 Å². The Bertz CT molecular complexity index is 330. The van der Waals surface area contributed by atoms with Crippen molar-refractivity contribution in [3.63, 3.8) is 0 Å². The lowest BCUT2D eigenvalue weighted by Crippen LogP contribution is -2.26. The molecule has 3 nitrogen and oxygen atoms in total. The standard InChI is InChI=1S/C10H11NO2/c1-6-4-3-5-7-8(6)10(13)11(2)9(7)12/h3-4,7-8H,1,5H2,2H3. The van der Waals surface area contributed by atoms with Crippen LogP contribution in [0.4, 0.5) is 0 Å². The van der Waals surface area contributed by atoms with Gasteiger partial charge in [0.15, 0.2) is 0 Å². The van der Waals surface area contributed by atoms with E-state index in [4.69, 9.17) is 0 Å². The van der Waals surface area contributed by atoms with E-state index < -0.39 is 0 Å². The lowest BCUT2D eigenvalue weighted by Gasteiger charge is -2.17. The van der Waals surface area contributed by atoms with Gasteiger partial charge >= 0.3 is 0 Å². The Morgan fingerprint density at radius 1 is 1.46 bits per heavy atom. The van der Waals surface area contributed by atoms with Gasteiger partial charge in [-0.15, -0.1) is 0 Å². The topological polar surface area (TPSA) is 37.4 Å². The van der Waals surface area contributed by atoms with Crippen molar-refractivity contribution in [1.29, 1.82) is 0 Å². The SMILES string of the molecule is C=C1C=CCC2C(=O)N(C)C(=O)C12. The van der Waals surface area contributed by atoms with E-state index in [1.54, 1.807) is 0 Å². The third kappa shape index (κ3) is 0.963. The Kier molecular flexibility index (Phi) is 1.62. The first-order valence-electron chi connectivity index (χ1n) is 4.29. The van der Waals surface area contributed by atoms with E-state index in [2.05, 4.69) is 6.58 Å². The Morgan fingerprint density at radius 2 is 2.15 bits per heavy atom. The van der Waals surface area contributed by atoms with Crippen molar-refractivity contribution in [2.45, 2.75) is 6.42 Å². The van der Waals surface area contributed by atoms with E-state index in [-0.39, 0.29) is 23.7 Å². The van der Waals surface area contributed by atoms with Crippen molar-refractivity contribution in [2.75, 3.05) is 7.05 Å². The predicted octanol–water partition coefficient (Wildman–Crippen LogP) is 0.734. The smallest absolute Gasteiger partial charge is 0.237 e. The summed E-state index contributed by atoms with van der Waals surface area (Å²) in [6.45, 7) is 3.79. The van der Waals surface area contributed by atoms with Gasteiger partial charge in [0.1, 0.15) is 0 Å². The lowest BCUT2D eigenvalue weighted by molar-refractivity contribution is -0.137. The molecule has 0 bridgehead atoms. The molecule has 0 aromatic heterocycles. The second-order valence-corrected chi connectivity index (χ2v) is 3.53. The number of nitrogens with zero attached hydrogens (tertiary/aromatic N) is 1. The normalized spacial score (nSPS) is 32.7. The highest BCUT2D eigenvalue weighted by Crippen LogP contribution is 2.36. The van der Waals surface area contributed by atoms with Gasteiger partial charge in [-0.25, -0.2) is 0 Å². The van der Waals surface area contributed by atoms with Crippen LogP contribution >= 0.6 is 0 Å². The number of amides is 2. The van der Waals surface area contributed by atoms with Crippen LogP contribution in [0.3, 0.4) is 0 Å². The summed E-state index contributed by atoms with van der Waals surface area (Å²) in [7, 11) is 1.54. The first-order valence-corrected chi connectivity index (χ1v) is 4.29. The van der Waals surface area contributed by atoms with Crippen LogP contribution in [-0.4, -0.2) is 23.8 Å². The Labute approximate surface area is 76.7 Å². The Balaban J connectivity index is 2.42. The van der Waals surface area contributed by atoms with Crippen molar-refractivity contribution in [2.24, 2.45) is 11.8 Å². The van der Waals surface area contributed by atoms with Gasteiger partial charge in [-0.2, -0.15) is 0 Å². The van der Waals surface area contributed by atoms with E-state index in [1.165, 1.54) is 11.9 Å². The minimum Gasteiger partial charge on any atom is -0.285 e. The second kappa shape index (κ2) is 2.55. The first-order chi connectivity index (χ1) is 6.13. The summed E-state index contributed by atoms with van der Waals surface area (Å²) in [4.78, 5) is 24.3. The van der Waals surface area contributed by atoms with Crippen molar-refractivity contribution >= 4 is 11.8 Å². The molecule has 1 aliphatic carbocycles. The summed E-state index contributed by atoms with van der Waals surface area (Å²) in [6.07, 6.45) is 4.41. The van der Waals surface area contributed by atoms with Gasteiger partial charge in [-0.1, -0.05) is 18.7 Å². The van der Waals surface area contributed by atoms with Crippen molar-refractivity contribution in [3.8, 4) is 0 Å². The van der Waals surface area contributed by atoms with Gasteiger partial charge in [0.2, 0.25) is 11.8 Å². The average Bonchev–Trinajstić information content (AvgIpc) is 2.33. The first kappa shape index (κ1) is 8.23.